The van der Waals surface area contributed by atoms with Gasteiger partial charge in [-0.1, -0.05) is 13.8 Å². The van der Waals surface area contributed by atoms with Crippen LogP contribution in [0.5, 0.6) is 0 Å². The van der Waals surface area contributed by atoms with Gasteiger partial charge in [-0.25, -0.2) is 0 Å². The third-order valence-electron chi connectivity index (χ3n) is 2.19. The van der Waals surface area contributed by atoms with E-state index in [1.807, 2.05) is 6.92 Å². The molecule has 52 valence electrons. The first-order valence-corrected chi connectivity index (χ1v) is 3.73. The Morgan fingerprint density at radius 3 is 2.44 bits per heavy atom. The van der Waals surface area contributed by atoms with E-state index < -0.39 is 0 Å². The van der Waals surface area contributed by atoms with E-state index in [-0.39, 0.29) is 0 Å². The number of hydrogen-bond acceptors (Lipinski definition) is 1. The Kier molecular flexibility index (Phi) is 1.89. The molecule has 1 aliphatic carbocycles. The summed E-state index contributed by atoms with van der Waals surface area (Å²) in [6, 6.07) is 0. The van der Waals surface area contributed by atoms with E-state index in [2.05, 4.69) is 6.92 Å². The van der Waals surface area contributed by atoms with Crippen molar-refractivity contribution < 1.29 is 4.79 Å². The van der Waals surface area contributed by atoms with Gasteiger partial charge < -0.3 is 0 Å². The highest BCUT2D eigenvalue weighted by Gasteiger charge is 2.21. The molecule has 0 unspecified atom stereocenters. The van der Waals surface area contributed by atoms with Crippen molar-refractivity contribution in [3.63, 3.8) is 0 Å². The Morgan fingerprint density at radius 1 is 1.33 bits per heavy atom. The smallest absolute Gasteiger partial charge is 0.135 e. The number of hydrogen-bond donors (Lipinski definition) is 0. The van der Waals surface area contributed by atoms with Crippen molar-refractivity contribution in [2.75, 3.05) is 0 Å². The summed E-state index contributed by atoms with van der Waals surface area (Å²) in [5, 5.41) is 0. The maximum Gasteiger partial charge on any atom is 0.135 e. The third kappa shape index (κ3) is 1.54. The molecule has 1 aliphatic rings. The van der Waals surface area contributed by atoms with Crippen LogP contribution in [0.25, 0.3) is 0 Å². The van der Waals surface area contributed by atoms with E-state index in [4.69, 9.17) is 0 Å². The molecule has 0 bridgehead atoms. The monoisotopic (exact) mass is 126 g/mol. The average Bonchev–Trinajstić information content (AvgIpc) is 1.80. The van der Waals surface area contributed by atoms with Crippen LogP contribution in [0.15, 0.2) is 0 Å². The lowest BCUT2D eigenvalue weighted by Gasteiger charge is -2.21. The predicted molar refractivity (Wildman–Crippen MR) is 37.2 cm³/mol. The second-order valence-corrected chi connectivity index (χ2v) is 3.25. The molecule has 0 N–H and O–H groups in total. The van der Waals surface area contributed by atoms with Crippen molar-refractivity contribution in [3.8, 4) is 0 Å². The summed E-state index contributed by atoms with van der Waals surface area (Å²) in [7, 11) is 0. The fraction of sp³-hybridized carbons (Fsp3) is 0.875. The van der Waals surface area contributed by atoms with Gasteiger partial charge in [0.25, 0.3) is 0 Å². The Bertz CT molecular complexity index is 118. The molecule has 0 amide bonds. The lowest BCUT2D eigenvalue weighted by Crippen LogP contribution is -2.20. The number of ketones is 1. The lowest BCUT2D eigenvalue weighted by atomic mass is 9.83. The van der Waals surface area contributed by atoms with Gasteiger partial charge in [0.2, 0.25) is 0 Å². The van der Waals surface area contributed by atoms with Crippen molar-refractivity contribution in [3.05, 3.63) is 0 Å². The topological polar surface area (TPSA) is 17.1 Å². The third-order valence-corrected chi connectivity index (χ3v) is 2.19. The summed E-state index contributed by atoms with van der Waals surface area (Å²) in [6.45, 7) is 4.19. The molecule has 0 spiro atoms. The molecule has 0 saturated heterocycles. The van der Waals surface area contributed by atoms with Gasteiger partial charge >= 0.3 is 0 Å². The fourth-order valence-corrected chi connectivity index (χ4v) is 1.34. The zero-order valence-electron chi connectivity index (χ0n) is 6.18. The highest BCUT2D eigenvalue weighted by Crippen LogP contribution is 2.24. The van der Waals surface area contributed by atoms with Crippen LogP contribution >= 0.6 is 0 Å². The van der Waals surface area contributed by atoms with E-state index in [1.165, 1.54) is 6.42 Å². The molecule has 0 aromatic rings. The Morgan fingerprint density at radius 2 is 2.00 bits per heavy atom. The molecule has 1 fully saturated rings. The largest absolute Gasteiger partial charge is 0.299 e. The van der Waals surface area contributed by atoms with E-state index in [9.17, 15) is 4.79 Å². The molecular formula is C8H14O. The van der Waals surface area contributed by atoms with Gasteiger partial charge in [0.1, 0.15) is 5.78 Å². The SMILES string of the molecule is C[C@H]1CC[C@H](C)C(=O)C1. The molecule has 1 rings (SSSR count). The second-order valence-electron chi connectivity index (χ2n) is 3.25. The molecule has 0 radical (unpaired) electrons. The van der Waals surface area contributed by atoms with Crippen molar-refractivity contribution in [1.29, 1.82) is 0 Å². The maximum atomic E-state index is 11.0. The van der Waals surface area contributed by atoms with Crippen molar-refractivity contribution in [2.45, 2.75) is 33.1 Å². The Hall–Kier alpha value is -0.330. The molecule has 1 nitrogen and oxygen atoms in total. The van der Waals surface area contributed by atoms with Gasteiger partial charge in [-0.2, -0.15) is 0 Å². The number of rotatable bonds is 0. The molecule has 9 heavy (non-hydrogen) atoms. The van der Waals surface area contributed by atoms with Crippen molar-refractivity contribution in [1.82, 2.24) is 0 Å². The molecule has 1 saturated carbocycles. The zero-order valence-corrected chi connectivity index (χ0v) is 6.18. The molecule has 2 atom stereocenters. The van der Waals surface area contributed by atoms with Crippen LogP contribution in [0.2, 0.25) is 0 Å². The molecular weight excluding hydrogens is 112 g/mol. The first kappa shape index (κ1) is 6.79. The molecule has 0 aliphatic heterocycles. The van der Waals surface area contributed by atoms with E-state index in [0.29, 0.717) is 17.6 Å². The number of Topliss-reactive ketones (excluding diaryl/α,β-unsaturated/α-hetero) is 1. The number of carbonyl (C=O) groups is 1. The van der Waals surface area contributed by atoms with Crippen molar-refractivity contribution in [2.24, 2.45) is 11.8 Å². The van der Waals surface area contributed by atoms with Gasteiger partial charge in [-0.3, -0.25) is 4.79 Å². The van der Waals surface area contributed by atoms with Crippen LogP contribution in [0.1, 0.15) is 33.1 Å². The van der Waals surface area contributed by atoms with Crippen LogP contribution < -0.4 is 0 Å². The number of carbonyl (C=O) groups excluding carboxylic acids is 1. The van der Waals surface area contributed by atoms with E-state index >= 15 is 0 Å². The van der Waals surface area contributed by atoms with Gasteiger partial charge in [0.15, 0.2) is 0 Å². The van der Waals surface area contributed by atoms with Crippen LogP contribution in [0, 0.1) is 11.8 Å². The summed E-state index contributed by atoms with van der Waals surface area (Å²) in [4.78, 5) is 11.0. The first-order valence-electron chi connectivity index (χ1n) is 3.73. The van der Waals surface area contributed by atoms with Crippen LogP contribution in [0.3, 0.4) is 0 Å². The van der Waals surface area contributed by atoms with Crippen molar-refractivity contribution >= 4 is 5.78 Å². The highest BCUT2D eigenvalue weighted by atomic mass is 16.1. The summed E-state index contributed by atoms with van der Waals surface area (Å²) in [6.07, 6.45) is 3.17. The summed E-state index contributed by atoms with van der Waals surface area (Å²) in [5.41, 5.74) is 0. The van der Waals surface area contributed by atoms with Gasteiger partial charge in [-0.05, 0) is 18.8 Å². The minimum Gasteiger partial charge on any atom is -0.299 e. The lowest BCUT2D eigenvalue weighted by molar-refractivity contribution is -0.125. The quantitative estimate of drug-likeness (QED) is 0.485. The molecule has 0 aromatic carbocycles. The predicted octanol–water partition coefficient (Wildman–Crippen LogP) is 2.01. The minimum atomic E-state index is 0.348. The summed E-state index contributed by atoms with van der Waals surface area (Å²) in [5.74, 6) is 1.46. The molecule has 1 heteroatoms. The van der Waals surface area contributed by atoms with Crippen LogP contribution in [0.4, 0.5) is 0 Å². The van der Waals surface area contributed by atoms with Crippen LogP contribution in [-0.4, -0.2) is 5.78 Å². The normalized spacial score (nSPS) is 36.9. The molecule has 0 aromatic heterocycles. The zero-order chi connectivity index (χ0) is 6.85. The standard InChI is InChI=1S/C8H14O/c1-6-3-4-7(2)8(9)5-6/h6-7H,3-5H2,1-2H3/t6-,7-/m0/s1. The van der Waals surface area contributed by atoms with E-state index in [0.717, 1.165) is 12.8 Å². The minimum absolute atomic E-state index is 0.348. The fourth-order valence-electron chi connectivity index (χ4n) is 1.34. The summed E-state index contributed by atoms with van der Waals surface area (Å²) < 4.78 is 0. The van der Waals surface area contributed by atoms with Gasteiger partial charge in [0.05, 0.1) is 0 Å². The average molecular weight is 126 g/mol. The van der Waals surface area contributed by atoms with Crippen LogP contribution in [-0.2, 0) is 4.79 Å². The summed E-state index contributed by atoms with van der Waals surface area (Å²) >= 11 is 0. The van der Waals surface area contributed by atoms with E-state index in [1.54, 1.807) is 0 Å². The van der Waals surface area contributed by atoms with Gasteiger partial charge in [0, 0.05) is 12.3 Å². The van der Waals surface area contributed by atoms with Gasteiger partial charge in [-0.15, -0.1) is 0 Å². The first-order chi connectivity index (χ1) is 4.20. The Labute approximate surface area is 56.4 Å². The second kappa shape index (κ2) is 2.51. The Balaban J connectivity index is 2.44. The molecule has 0 heterocycles. The maximum absolute atomic E-state index is 11.0. The highest BCUT2D eigenvalue weighted by molar-refractivity contribution is 5.81.